The molecule has 0 radical (unpaired) electrons. The summed E-state index contributed by atoms with van der Waals surface area (Å²) in [5.74, 6) is 0. The van der Waals surface area contributed by atoms with Gasteiger partial charge in [0.25, 0.3) is 0 Å². The van der Waals surface area contributed by atoms with E-state index in [1.165, 1.54) is 0 Å². The summed E-state index contributed by atoms with van der Waals surface area (Å²) < 4.78 is 12.2. The summed E-state index contributed by atoms with van der Waals surface area (Å²) in [4.78, 5) is 8.11. The van der Waals surface area contributed by atoms with Crippen LogP contribution in [0.5, 0.6) is 6.01 Å². The molecule has 102 valence electrons. The van der Waals surface area contributed by atoms with Gasteiger partial charge in [0.15, 0.2) is 8.32 Å². The van der Waals surface area contributed by atoms with Gasteiger partial charge in [-0.05, 0) is 40.1 Å². The molecule has 0 fully saturated rings. The van der Waals surface area contributed by atoms with Crippen molar-refractivity contribution in [1.82, 2.24) is 9.97 Å². The zero-order valence-corrected chi connectivity index (χ0v) is 14.2. The highest BCUT2D eigenvalue weighted by Gasteiger charge is 2.36. The van der Waals surface area contributed by atoms with E-state index in [1.54, 1.807) is 12.3 Å². The SMILES string of the molecule is CC(C)(C)[Si](C)(C)OCCOc1nccc(Br)n1. The largest absolute Gasteiger partial charge is 0.461 e. The van der Waals surface area contributed by atoms with Crippen molar-refractivity contribution in [2.75, 3.05) is 13.2 Å². The maximum Gasteiger partial charge on any atom is 0.317 e. The summed E-state index contributed by atoms with van der Waals surface area (Å²) in [6.45, 7) is 12.2. The van der Waals surface area contributed by atoms with Crippen molar-refractivity contribution in [3.63, 3.8) is 0 Å². The topological polar surface area (TPSA) is 44.2 Å². The summed E-state index contributed by atoms with van der Waals surface area (Å²) >= 11 is 3.27. The first-order valence-electron chi connectivity index (χ1n) is 5.98. The van der Waals surface area contributed by atoms with Crippen molar-refractivity contribution in [2.45, 2.75) is 38.9 Å². The number of nitrogens with zero attached hydrogens (tertiary/aromatic N) is 2. The van der Waals surface area contributed by atoms with Crippen LogP contribution in [0.25, 0.3) is 0 Å². The summed E-state index contributed by atoms with van der Waals surface area (Å²) in [5, 5.41) is 0.222. The van der Waals surface area contributed by atoms with E-state index in [1.807, 2.05) is 0 Å². The van der Waals surface area contributed by atoms with E-state index in [4.69, 9.17) is 9.16 Å². The van der Waals surface area contributed by atoms with Gasteiger partial charge in [0.1, 0.15) is 11.2 Å². The molecule has 1 rings (SSSR count). The van der Waals surface area contributed by atoms with Gasteiger partial charge in [-0.15, -0.1) is 0 Å². The smallest absolute Gasteiger partial charge is 0.317 e. The molecule has 0 atom stereocenters. The van der Waals surface area contributed by atoms with Gasteiger partial charge in [0.05, 0.1) is 6.61 Å². The van der Waals surface area contributed by atoms with Gasteiger partial charge in [-0.1, -0.05) is 20.8 Å². The molecule has 0 spiro atoms. The Balaban J connectivity index is 2.35. The van der Waals surface area contributed by atoms with Crippen LogP contribution in [0.4, 0.5) is 0 Å². The Hall–Kier alpha value is -0.463. The van der Waals surface area contributed by atoms with E-state index in [-0.39, 0.29) is 5.04 Å². The van der Waals surface area contributed by atoms with Gasteiger partial charge in [-0.2, -0.15) is 4.98 Å². The molecule has 0 N–H and O–H groups in total. The lowest BCUT2D eigenvalue weighted by Crippen LogP contribution is -2.41. The molecule has 1 aromatic heterocycles. The summed E-state index contributed by atoms with van der Waals surface area (Å²) in [7, 11) is -1.68. The van der Waals surface area contributed by atoms with Gasteiger partial charge in [-0.25, -0.2) is 4.98 Å². The fraction of sp³-hybridized carbons (Fsp3) is 0.667. The molecule has 0 bridgehead atoms. The molecule has 0 aliphatic carbocycles. The maximum atomic E-state index is 5.99. The molecule has 0 aromatic carbocycles. The molecule has 0 aliphatic rings. The van der Waals surface area contributed by atoms with Crippen LogP contribution in [0.3, 0.4) is 0 Å². The molecule has 0 unspecified atom stereocenters. The first-order valence-corrected chi connectivity index (χ1v) is 9.68. The van der Waals surface area contributed by atoms with E-state index < -0.39 is 8.32 Å². The fourth-order valence-electron chi connectivity index (χ4n) is 1.04. The molecular formula is C12H21BrN2O2Si. The molecule has 18 heavy (non-hydrogen) atoms. The van der Waals surface area contributed by atoms with Crippen molar-refractivity contribution in [2.24, 2.45) is 0 Å². The second kappa shape index (κ2) is 6.12. The Labute approximate surface area is 118 Å². The number of ether oxygens (including phenoxy) is 1. The number of aromatic nitrogens is 2. The van der Waals surface area contributed by atoms with Crippen molar-refractivity contribution < 1.29 is 9.16 Å². The van der Waals surface area contributed by atoms with E-state index in [9.17, 15) is 0 Å². The third-order valence-corrected chi connectivity index (χ3v) is 8.16. The number of hydrogen-bond donors (Lipinski definition) is 0. The van der Waals surface area contributed by atoms with Crippen molar-refractivity contribution >= 4 is 24.2 Å². The lowest BCUT2D eigenvalue weighted by Gasteiger charge is -2.36. The average molecular weight is 333 g/mol. The second-order valence-electron chi connectivity index (χ2n) is 5.62. The molecule has 0 saturated carbocycles. The summed E-state index contributed by atoms with van der Waals surface area (Å²) in [6.07, 6.45) is 1.65. The lowest BCUT2D eigenvalue weighted by molar-refractivity contribution is 0.193. The van der Waals surface area contributed by atoms with Gasteiger partial charge in [0.2, 0.25) is 0 Å². The van der Waals surface area contributed by atoms with Gasteiger partial charge in [-0.3, -0.25) is 0 Å². The van der Waals surface area contributed by atoms with Crippen LogP contribution in [-0.2, 0) is 4.43 Å². The molecule has 1 heterocycles. The zero-order valence-electron chi connectivity index (χ0n) is 11.7. The minimum atomic E-state index is -1.68. The summed E-state index contributed by atoms with van der Waals surface area (Å²) in [5.41, 5.74) is 0. The minimum absolute atomic E-state index is 0.222. The van der Waals surface area contributed by atoms with Crippen LogP contribution < -0.4 is 4.74 Å². The Kier molecular flexibility index (Phi) is 5.30. The fourth-order valence-corrected chi connectivity index (χ4v) is 2.33. The first-order chi connectivity index (χ1) is 8.22. The van der Waals surface area contributed by atoms with E-state index in [2.05, 4.69) is 59.8 Å². The highest BCUT2D eigenvalue weighted by atomic mass is 79.9. The van der Waals surface area contributed by atoms with Crippen LogP contribution in [0.2, 0.25) is 18.1 Å². The Morgan fingerprint density at radius 1 is 1.28 bits per heavy atom. The van der Waals surface area contributed by atoms with Crippen molar-refractivity contribution in [3.8, 4) is 6.01 Å². The third kappa shape index (κ3) is 4.66. The Bertz CT molecular complexity index is 394. The number of rotatable bonds is 5. The molecule has 0 saturated heterocycles. The average Bonchev–Trinajstić information content (AvgIpc) is 2.23. The second-order valence-corrected chi connectivity index (χ2v) is 11.2. The molecule has 0 amide bonds. The van der Waals surface area contributed by atoms with Gasteiger partial charge < -0.3 is 9.16 Å². The Morgan fingerprint density at radius 2 is 1.94 bits per heavy atom. The van der Waals surface area contributed by atoms with Crippen LogP contribution in [0.15, 0.2) is 16.9 Å². The third-order valence-electron chi connectivity index (χ3n) is 3.18. The standard InChI is InChI=1S/C12H21BrN2O2Si/c1-12(2,3)18(4,5)17-9-8-16-11-14-7-6-10(13)15-11/h6-7H,8-9H2,1-5H3. The Morgan fingerprint density at radius 3 is 2.50 bits per heavy atom. The lowest BCUT2D eigenvalue weighted by atomic mass is 10.2. The van der Waals surface area contributed by atoms with Crippen LogP contribution in [0.1, 0.15) is 20.8 Å². The number of hydrogen-bond acceptors (Lipinski definition) is 4. The van der Waals surface area contributed by atoms with E-state index in [0.29, 0.717) is 19.2 Å². The quantitative estimate of drug-likeness (QED) is 0.469. The monoisotopic (exact) mass is 332 g/mol. The minimum Gasteiger partial charge on any atom is -0.461 e. The molecule has 4 nitrogen and oxygen atoms in total. The van der Waals surface area contributed by atoms with Crippen LogP contribution in [0, 0.1) is 0 Å². The molecule has 0 aliphatic heterocycles. The normalized spacial score (nSPS) is 12.6. The van der Waals surface area contributed by atoms with Gasteiger partial charge in [0, 0.05) is 6.20 Å². The molecular weight excluding hydrogens is 312 g/mol. The van der Waals surface area contributed by atoms with Crippen molar-refractivity contribution in [3.05, 3.63) is 16.9 Å². The maximum absolute atomic E-state index is 5.99. The number of halogens is 1. The first kappa shape index (κ1) is 15.6. The highest BCUT2D eigenvalue weighted by Crippen LogP contribution is 2.36. The van der Waals surface area contributed by atoms with Crippen molar-refractivity contribution in [1.29, 1.82) is 0 Å². The predicted octanol–water partition coefficient (Wildman–Crippen LogP) is 3.64. The van der Waals surface area contributed by atoms with Gasteiger partial charge >= 0.3 is 6.01 Å². The zero-order chi connectivity index (χ0) is 13.8. The van der Waals surface area contributed by atoms with E-state index in [0.717, 1.165) is 4.60 Å². The van der Waals surface area contributed by atoms with Crippen LogP contribution >= 0.6 is 15.9 Å². The van der Waals surface area contributed by atoms with E-state index >= 15 is 0 Å². The predicted molar refractivity (Wildman–Crippen MR) is 78.4 cm³/mol. The summed E-state index contributed by atoms with van der Waals surface area (Å²) in [6, 6.07) is 2.14. The molecule has 6 heteroatoms. The van der Waals surface area contributed by atoms with Crippen LogP contribution in [-0.4, -0.2) is 31.5 Å². The molecule has 1 aromatic rings. The highest BCUT2D eigenvalue weighted by molar-refractivity contribution is 9.10.